The molecule has 4 aliphatic rings. The molecule has 0 spiro atoms. The molecule has 0 aliphatic heterocycles. The molecule has 37 heavy (non-hydrogen) atoms. The number of carbonyl (C=O) groups is 1. The standard InChI is InChI=1S/C30H34N4O.2ClH/c1-20(35)28-25(19-32(2)30-15-22-12-23(16-30)14-24(13-22)17-30)31-29-33(18-21-8-4-3-5-9-21)26-10-6-7-11-27(26)34(28)29;;/h3-11,22-24H,12-19H2,1-2H3;2*1H. The predicted octanol–water partition coefficient (Wildman–Crippen LogP) is 6.78. The van der Waals surface area contributed by atoms with Crippen LogP contribution in [0.3, 0.4) is 0 Å². The molecular weight excluding hydrogens is 503 g/mol. The molecule has 8 rings (SSSR count). The van der Waals surface area contributed by atoms with Crippen LogP contribution in [0.2, 0.25) is 0 Å². The van der Waals surface area contributed by atoms with Gasteiger partial charge in [0, 0.05) is 19.0 Å². The van der Waals surface area contributed by atoms with E-state index in [1.165, 1.54) is 44.1 Å². The van der Waals surface area contributed by atoms with Crippen molar-refractivity contribution in [2.45, 2.75) is 64.1 Å². The van der Waals surface area contributed by atoms with E-state index in [1.54, 1.807) is 6.92 Å². The van der Waals surface area contributed by atoms with Gasteiger partial charge in [0.1, 0.15) is 5.69 Å². The van der Waals surface area contributed by atoms with E-state index in [-0.39, 0.29) is 30.6 Å². The monoisotopic (exact) mass is 538 g/mol. The van der Waals surface area contributed by atoms with E-state index < -0.39 is 0 Å². The van der Waals surface area contributed by atoms with Crippen LogP contribution in [0.4, 0.5) is 0 Å². The molecule has 0 N–H and O–H groups in total. The first-order valence-corrected chi connectivity index (χ1v) is 13.3. The highest BCUT2D eigenvalue weighted by atomic mass is 35.5. The molecule has 2 aromatic carbocycles. The number of aromatic nitrogens is 3. The molecule has 4 saturated carbocycles. The third kappa shape index (κ3) is 4.20. The van der Waals surface area contributed by atoms with Crippen LogP contribution in [0.15, 0.2) is 54.6 Å². The van der Waals surface area contributed by atoms with Gasteiger partial charge in [0.25, 0.3) is 0 Å². The zero-order valence-electron chi connectivity index (χ0n) is 21.6. The lowest BCUT2D eigenvalue weighted by atomic mass is 9.52. The van der Waals surface area contributed by atoms with Crippen LogP contribution in [0.25, 0.3) is 16.8 Å². The molecule has 196 valence electrons. The molecular formula is C30H36Cl2N4O. The second-order valence-electron chi connectivity index (χ2n) is 11.7. The lowest BCUT2D eigenvalue weighted by molar-refractivity contribution is -0.0825. The Hall–Kier alpha value is -2.34. The SMILES string of the molecule is CC(=O)c1c(CN(C)C23CC4CC(CC(C4)C2)C3)nc2n(Cc3ccccc3)c3ccccc3n12.Cl.Cl. The Labute approximate surface area is 231 Å². The number of imidazole rings is 2. The van der Waals surface area contributed by atoms with Crippen molar-refractivity contribution in [2.24, 2.45) is 17.8 Å². The minimum absolute atomic E-state index is 0. The molecule has 0 unspecified atom stereocenters. The van der Waals surface area contributed by atoms with E-state index in [0.29, 0.717) is 5.54 Å². The smallest absolute Gasteiger partial charge is 0.216 e. The van der Waals surface area contributed by atoms with Crippen LogP contribution in [0, 0.1) is 17.8 Å². The van der Waals surface area contributed by atoms with E-state index in [9.17, 15) is 4.79 Å². The number of benzene rings is 2. The largest absolute Gasteiger partial charge is 0.305 e. The van der Waals surface area contributed by atoms with Crippen LogP contribution in [0.1, 0.15) is 67.2 Å². The molecule has 4 aliphatic carbocycles. The zero-order valence-corrected chi connectivity index (χ0v) is 23.2. The van der Waals surface area contributed by atoms with Crippen molar-refractivity contribution in [3.63, 3.8) is 0 Å². The van der Waals surface area contributed by atoms with E-state index >= 15 is 0 Å². The van der Waals surface area contributed by atoms with E-state index in [4.69, 9.17) is 4.98 Å². The Bertz CT molecular complexity index is 1410. The summed E-state index contributed by atoms with van der Waals surface area (Å²) in [5.74, 6) is 3.66. The Balaban J connectivity index is 0.00000140. The van der Waals surface area contributed by atoms with Crippen LogP contribution < -0.4 is 0 Å². The molecule has 5 nitrogen and oxygen atoms in total. The van der Waals surface area contributed by atoms with Crippen molar-refractivity contribution >= 4 is 47.4 Å². The topological polar surface area (TPSA) is 42.5 Å². The lowest BCUT2D eigenvalue weighted by Crippen LogP contribution is -2.58. The maximum Gasteiger partial charge on any atom is 0.216 e. The second kappa shape index (κ2) is 9.76. The molecule has 0 amide bonds. The number of hydrogen-bond acceptors (Lipinski definition) is 3. The minimum atomic E-state index is 0. The normalized spacial score (nSPS) is 26.0. The number of Topliss-reactive ketones (excluding diaryl/α,β-unsaturated/α-hetero) is 1. The summed E-state index contributed by atoms with van der Waals surface area (Å²) in [6.45, 7) is 3.17. The van der Waals surface area contributed by atoms with Crippen molar-refractivity contribution in [1.29, 1.82) is 0 Å². The Morgan fingerprint density at radius 2 is 1.49 bits per heavy atom. The summed E-state index contributed by atoms with van der Waals surface area (Å²) in [5, 5.41) is 0. The number of rotatable bonds is 6. The second-order valence-corrected chi connectivity index (χ2v) is 11.7. The van der Waals surface area contributed by atoms with Gasteiger partial charge in [0.15, 0.2) is 5.78 Å². The van der Waals surface area contributed by atoms with Crippen molar-refractivity contribution < 1.29 is 4.79 Å². The van der Waals surface area contributed by atoms with Gasteiger partial charge in [0.2, 0.25) is 5.78 Å². The van der Waals surface area contributed by atoms with E-state index in [1.807, 2.05) is 0 Å². The molecule has 2 aromatic heterocycles. The summed E-state index contributed by atoms with van der Waals surface area (Å²) < 4.78 is 4.38. The summed E-state index contributed by atoms with van der Waals surface area (Å²) in [6, 6.07) is 18.9. The molecule has 0 radical (unpaired) electrons. The van der Waals surface area contributed by atoms with Crippen molar-refractivity contribution in [1.82, 2.24) is 18.9 Å². The van der Waals surface area contributed by atoms with Crippen LogP contribution in [0.5, 0.6) is 0 Å². The van der Waals surface area contributed by atoms with Gasteiger partial charge in [-0.2, -0.15) is 0 Å². The van der Waals surface area contributed by atoms with Gasteiger partial charge in [0.05, 0.1) is 23.3 Å². The summed E-state index contributed by atoms with van der Waals surface area (Å²) >= 11 is 0. The lowest BCUT2D eigenvalue weighted by Gasteiger charge is -2.60. The number of fused-ring (bicyclic) bond motifs is 3. The third-order valence-electron chi connectivity index (χ3n) is 9.31. The van der Waals surface area contributed by atoms with Crippen LogP contribution >= 0.6 is 24.8 Å². The first-order valence-electron chi connectivity index (χ1n) is 13.3. The minimum Gasteiger partial charge on any atom is -0.305 e. The van der Waals surface area contributed by atoms with Gasteiger partial charge < -0.3 is 4.57 Å². The fourth-order valence-electron chi connectivity index (χ4n) is 8.17. The Morgan fingerprint density at radius 3 is 2.08 bits per heavy atom. The molecule has 0 atom stereocenters. The third-order valence-corrected chi connectivity index (χ3v) is 9.31. The van der Waals surface area contributed by atoms with Crippen molar-refractivity contribution in [2.75, 3.05) is 7.05 Å². The van der Waals surface area contributed by atoms with Gasteiger partial charge in [-0.3, -0.25) is 14.1 Å². The highest BCUT2D eigenvalue weighted by Crippen LogP contribution is 2.57. The van der Waals surface area contributed by atoms with Crippen molar-refractivity contribution in [3.05, 3.63) is 71.5 Å². The fourth-order valence-corrected chi connectivity index (χ4v) is 8.17. The predicted molar refractivity (Wildman–Crippen MR) is 153 cm³/mol. The van der Waals surface area contributed by atoms with Gasteiger partial charge in [-0.15, -0.1) is 24.8 Å². The van der Waals surface area contributed by atoms with Gasteiger partial charge in [-0.25, -0.2) is 4.98 Å². The summed E-state index contributed by atoms with van der Waals surface area (Å²) in [7, 11) is 2.29. The maximum absolute atomic E-state index is 13.1. The van der Waals surface area contributed by atoms with Crippen LogP contribution in [-0.2, 0) is 13.1 Å². The van der Waals surface area contributed by atoms with Crippen LogP contribution in [-0.4, -0.2) is 37.2 Å². The summed E-state index contributed by atoms with van der Waals surface area (Å²) in [5.41, 5.74) is 5.37. The summed E-state index contributed by atoms with van der Waals surface area (Å²) in [6.07, 6.45) is 8.28. The van der Waals surface area contributed by atoms with Gasteiger partial charge >= 0.3 is 0 Å². The number of hydrogen-bond donors (Lipinski definition) is 0. The number of ketones is 1. The number of nitrogens with zero attached hydrogens (tertiary/aromatic N) is 4. The molecule has 0 saturated heterocycles. The first-order chi connectivity index (χ1) is 17.0. The number of halogens is 2. The first kappa shape index (κ1) is 26.3. The van der Waals surface area contributed by atoms with E-state index in [0.717, 1.165) is 59.0 Å². The zero-order chi connectivity index (χ0) is 23.7. The average Bonchev–Trinajstić information content (AvgIpc) is 3.34. The Morgan fingerprint density at radius 1 is 0.919 bits per heavy atom. The number of carbonyl (C=O) groups excluding carboxylic acids is 1. The van der Waals surface area contributed by atoms with Gasteiger partial charge in [-0.1, -0.05) is 42.5 Å². The molecule has 4 fully saturated rings. The highest BCUT2D eigenvalue weighted by molar-refractivity contribution is 5.97. The quantitative estimate of drug-likeness (QED) is 0.254. The van der Waals surface area contributed by atoms with Gasteiger partial charge in [-0.05, 0) is 81.0 Å². The highest BCUT2D eigenvalue weighted by Gasteiger charge is 2.52. The maximum atomic E-state index is 13.1. The molecule has 2 heterocycles. The fraction of sp³-hybridized carbons (Fsp3) is 0.467. The average molecular weight is 540 g/mol. The molecule has 4 aromatic rings. The Kier molecular flexibility index (Phi) is 6.93. The van der Waals surface area contributed by atoms with Crippen molar-refractivity contribution in [3.8, 4) is 0 Å². The molecule has 7 heteroatoms. The number of para-hydroxylation sites is 2. The molecule has 4 bridgehead atoms. The van der Waals surface area contributed by atoms with E-state index in [2.05, 4.69) is 75.5 Å². The summed E-state index contributed by atoms with van der Waals surface area (Å²) in [4.78, 5) is 20.9.